The first kappa shape index (κ1) is 21.2. The number of H-pyrrole nitrogens is 1. The van der Waals surface area contributed by atoms with E-state index in [4.69, 9.17) is 4.52 Å². The van der Waals surface area contributed by atoms with Gasteiger partial charge >= 0.3 is 0 Å². The molecule has 0 amide bonds. The minimum absolute atomic E-state index is 0.486. The Morgan fingerprint density at radius 2 is 1.83 bits per heavy atom. The first-order valence-electron chi connectivity index (χ1n) is 11.5. The molecule has 1 aliphatic rings. The van der Waals surface area contributed by atoms with Crippen LogP contribution in [0.5, 0.6) is 0 Å². The van der Waals surface area contributed by atoms with Gasteiger partial charge < -0.3 is 19.7 Å². The summed E-state index contributed by atoms with van der Waals surface area (Å²) in [5.41, 5.74) is 3.74. The summed E-state index contributed by atoms with van der Waals surface area (Å²) in [6.45, 7) is 6.37. The number of aromatic amines is 1. The summed E-state index contributed by atoms with van der Waals surface area (Å²) < 4.78 is 5.27. The number of nitrogens with zero attached hydrogens (tertiary/aromatic N) is 8. The fraction of sp³-hybridized carbons (Fsp3) is 0.250. The van der Waals surface area contributed by atoms with Crippen LogP contribution in [0.4, 0.5) is 17.7 Å². The molecule has 6 rings (SSSR count). The molecule has 5 aromatic rings. The van der Waals surface area contributed by atoms with E-state index in [0.29, 0.717) is 17.7 Å². The third-order valence-corrected chi connectivity index (χ3v) is 5.94. The van der Waals surface area contributed by atoms with Crippen molar-refractivity contribution in [1.82, 2.24) is 40.0 Å². The smallest absolute Gasteiger partial charge is 0.257 e. The Bertz CT molecular complexity index is 1440. The SMILES string of the molecule is Cc1noc(-c2ccc3nc(Nc4cc(CN5CCN(c6ncccn6)CC5)ccn4)[nH]c3c2)n1. The van der Waals surface area contributed by atoms with E-state index in [1.165, 1.54) is 5.56 Å². The van der Waals surface area contributed by atoms with E-state index >= 15 is 0 Å². The first-order chi connectivity index (χ1) is 17.2. The van der Waals surface area contributed by atoms with Crippen molar-refractivity contribution < 1.29 is 4.52 Å². The van der Waals surface area contributed by atoms with Gasteiger partial charge in [0, 0.05) is 56.9 Å². The van der Waals surface area contributed by atoms with Crippen molar-refractivity contribution >= 4 is 28.7 Å². The Morgan fingerprint density at radius 1 is 0.971 bits per heavy atom. The lowest BCUT2D eigenvalue weighted by atomic mass is 10.2. The lowest BCUT2D eigenvalue weighted by molar-refractivity contribution is 0.248. The van der Waals surface area contributed by atoms with Crippen molar-refractivity contribution in [1.29, 1.82) is 0 Å². The summed E-state index contributed by atoms with van der Waals surface area (Å²) >= 11 is 0. The number of benzene rings is 1. The fourth-order valence-electron chi connectivity index (χ4n) is 4.20. The van der Waals surface area contributed by atoms with Gasteiger partial charge in [0.2, 0.25) is 11.9 Å². The molecule has 2 N–H and O–H groups in total. The number of hydrogen-bond acceptors (Lipinski definition) is 10. The van der Waals surface area contributed by atoms with E-state index in [1.807, 2.05) is 30.5 Å². The largest absolute Gasteiger partial charge is 0.338 e. The minimum Gasteiger partial charge on any atom is -0.338 e. The number of fused-ring (bicyclic) bond motifs is 1. The van der Waals surface area contributed by atoms with Crippen LogP contribution in [0.15, 0.2) is 59.5 Å². The highest BCUT2D eigenvalue weighted by Crippen LogP contribution is 2.24. The van der Waals surface area contributed by atoms with E-state index in [9.17, 15) is 0 Å². The first-order valence-corrected chi connectivity index (χ1v) is 11.5. The molecule has 1 saturated heterocycles. The van der Waals surface area contributed by atoms with Gasteiger partial charge in [-0.15, -0.1) is 0 Å². The summed E-state index contributed by atoms with van der Waals surface area (Å²) in [7, 11) is 0. The van der Waals surface area contributed by atoms with Gasteiger partial charge in [0.1, 0.15) is 5.82 Å². The van der Waals surface area contributed by atoms with Crippen LogP contribution < -0.4 is 10.2 Å². The fourth-order valence-corrected chi connectivity index (χ4v) is 4.20. The number of piperazine rings is 1. The molecule has 11 heteroatoms. The Balaban J connectivity index is 1.11. The summed E-state index contributed by atoms with van der Waals surface area (Å²) in [4.78, 5) is 30.1. The average molecular weight is 469 g/mol. The number of pyridine rings is 1. The lowest BCUT2D eigenvalue weighted by Gasteiger charge is -2.34. The molecule has 5 heterocycles. The molecule has 11 nitrogen and oxygen atoms in total. The molecule has 0 saturated carbocycles. The van der Waals surface area contributed by atoms with E-state index in [-0.39, 0.29) is 0 Å². The van der Waals surface area contributed by atoms with Crippen LogP contribution in [0.25, 0.3) is 22.5 Å². The van der Waals surface area contributed by atoms with Gasteiger partial charge in [-0.1, -0.05) is 5.16 Å². The van der Waals surface area contributed by atoms with Crippen molar-refractivity contribution in [3.05, 3.63) is 66.4 Å². The number of anilines is 3. The zero-order valence-electron chi connectivity index (χ0n) is 19.2. The molecular formula is C24H24N10O. The second kappa shape index (κ2) is 9.11. The van der Waals surface area contributed by atoms with Gasteiger partial charge in [-0.2, -0.15) is 4.98 Å². The van der Waals surface area contributed by atoms with Crippen molar-refractivity contribution in [2.75, 3.05) is 36.4 Å². The van der Waals surface area contributed by atoms with Crippen LogP contribution in [0, 0.1) is 6.92 Å². The van der Waals surface area contributed by atoms with Crippen LogP contribution in [-0.4, -0.2) is 66.1 Å². The molecule has 176 valence electrons. The molecule has 0 spiro atoms. The third kappa shape index (κ3) is 4.66. The topological polar surface area (TPSA) is 125 Å². The molecule has 0 atom stereocenters. The maximum atomic E-state index is 5.27. The molecule has 1 fully saturated rings. The summed E-state index contributed by atoms with van der Waals surface area (Å²) in [5.74, 6) is 3.25. The Morgan fingerprint density at radius 3 is 2.63 bits per heavy atom. The zero-order chi connectivity index (χ0) is 23.6. The second-order valence-corrected chi connectivity index (χ2v) is 8.45. The molecule has 35 heavy (non-hydrogen) atoms. The Kier molecular flexibility index (Phi) is 5.51. The summed E-state index contributed by atoms with van der Waals surface area (Å²) in [5, 5.41) is 7.15. The highest BCUT2D eigenvalue weighted by atomic mass is 16.5. The second-order valence-electron chi connectivity index (χ2n) is 8.45. The van der Waals surface area contributed by atoms with Gasteiger partial charge in [-0.3, -0.25) is 4.90 Å². The van der Waals surface area contributed by atoms with Crippen LogP contribution in [0.2, 0.25) is 0 Å². The van der Waals surface area contributed by atoms with Crippen LogP contribution in [0.1, 0.15) is 11.4 Å². The average Bonchev–Trinajstić information content (AvgIpc) is 3.50. The van der Waals surface area contributed by atoms with Gasteiger partial charge in [0.05, 0.1) is 11.0 Å². The summed E-state index contributed by atoms with van der Waals surface area (Å²) in [6.07, 6.45) is 5.40. The van der Waals surface area contributed by atoms with Crippen molar-refractivity contribution in [3.63, 3.8) is 0 Å². The molecule has 0 aliphatic carbocycles. The Labute approximate surface area is 201 Å². The summed E-state index contributed by atoms with van der Waals surface area (Å²) in [6, 6.07) is 11.7. The predicted octanol–water partition coefficient (Wildman–Crippen LogP) is 3.17. The third-order valence-electron chi connectivity index (χ3n) is 5.94. The molecule has 0 bridgehead atoms. The maximum absolute atomic E-state index is 5.27. The lowest BCUT2D eigenvalue weighted by Crippen LogP contribution is -2.46. The van der Waals surface area contributed by atoms with Crippen LogP contribution in [0.3, 0.4) is 0 Å². The molecule has 4 aromatic heterocycles. The zero-order valence-corrected chi connectivity index (χ0v) is 19.2. The van der Waals surface area contributed by atoms with Gasteiger partial charge in [-0.05, 0) is 48.9 Å². The number of aromatic nitrogens is 7. The van der Waals surface area contributed by atoms with Crippen LogP contribution >= 0.6 is 0 Å². The molecule has 0 unspecified atom stereocenters. The minimum atomic E-state index is 0.486. The molecule has 1 aromatic carbocycles. The normalized spacial score (nSPS) is 14.5. The van der Waals surface area contributed by atoms with E-state index in [1.54, 1.807) is 19.3 Å². The number of hydrogen-bond donors (Lipinski definition) is 2. The monoisotopic (exact) mass is 468 g/mol. The van der Waals surface area contributed by atoms with E-state index in [2.05, 4.69) is 62.3 Å². The maximum Gasteiger partial charge on any atom is 0.257 e. The van der Waals surface area contributed by atoms with Crippen LogP contribution in [-0.2, 0) is 6.54 Å². The highest BCUT2D eigenvalue weighted by molar-refractivity contribution is 5.82. The number of rotatable bonds is 6. The standard InChI is InChI=1S/C24H24N10O/c1-16-28-22(35-32-16)18-3-4-19-20(14-18)30-23(29-19)31-21-13-17(5-8-25-21)15-33-9-11-34(12-10-33)24-26-6-2-7-27-24/h2-8,13-14H,9-12,15H2,1H3,(H2,25,29,30,31). The number of imidazole rings is 1. The van der Waals surface area contributed by atoms with Crippen molar-refractivity contribution in [2.24, 2.45) is 0 Å². The molecular weight excluding hydrogens is 444 g/mol. The number of nitrogens with one attached hydrogen (secondary N) is 2. The number of aryl methyl sites for hydroxylation is 1. The quantitative estimate of drug-likeness (QED) is 0.384. The molecule has 0 radical (unpaired) electrons. The Hall–Kier alpha value is -4.38. The van der Waals surface area contributed by atoms with E-state index in [0.717, 1.165) is 61.1 Å². The van der Waals surface area contributed by atoms with Gasteiger partial charge in [-0.25, -0.2) is 19.9 Å². The van der Waals surface area contributed by atoms with E-state index < -0.39 is 0 Å². The van der Waals surface area contributed by atoms with Gasteiger partial charge in [0.15, 0.2) is 5.82 Å². The van der Waals surface area contributed by atoms with Crippen molar-refractivity contribution in [3.8, 4) is 11.5 Å². The molecule has 1 aliphatic heterocycles. The van der Waals surface area contributed by atoms with Gasteiger partial charge in [0.25, 0.3) is 5.89 Å². The highest BCUT2D eigenvalue weighted by Gasteiger charge is 2.19. The predicted molar refractivity (Wildman–Crippen MR) is 131 cm³/mol. The van der Waals surface area contributed by atoms with Crippen molar-refractivity contribution in [2.45, 2.75) is 13.5 Å².